The number of hydrogen-bond acceptors (Lipinski definition) is 2. The molecular weight excluding hydrogens is 423 g/mol. The van der Waals surface area contributed by atoms with Crippen molar-refractivity contribution >= 4 is 23.9 Å². The molecule has 3 heteroatoms. The number of methoxy groups -OCH3 is 2. The standard InChI is InChI=1S/C26H22O2Se/c1-27-23-13-9-19(10-14-23)21-5-3-7-25(17-21)29-26-8-4-6-22(18-26)20-11-15-24(28-2)16-12-20/h3-18H,1-2H3. The van der Waals surface area contributed by atoms with Crippen molar-refractivity contribution in [2.24, 2.45) is 0 Å². The van der Waals surface area contributed by atoms with Crippen LogP contribution in [-0.4, -0.2) is 29.2 Å². The first-order valence-corrected chi connectivity index (χ1v) is 11.1. The predicted molar refractivity (Wildman–Crippen MR) is 122 cm³/mol. The van der Waals surface area contributed by atoms with E-state index in [1.165, 1.54) is 31.2 Å². The average Bonchev–Trinajstić information content (AvgIpc) is 2.79. The minimum atomic E-state index is 0.241. The summed E-state index contributed by atoms with van der Waals surface area (Å²) in [5.41, 5.74) is 4.88. The van der Waals surface area contributed by atoms with E-state index in [2.05, 4.69) is 72.8 Å². The van der Waals surface area contributed by atoms with Crippen LogP contribution in [0.2, 0.25) is 0 Å². The molecule has 0 spiro atoms. The van der Waals surface area contributed by atoms with Crippen LogP contribution in [0.4, 0.5) is 0 Å². The second kappa shape index (κ2) is 9.00. The molecule has 29 heavy (non-hydrogen) atoms. The van der Waals surface area contributed by atoms with Crippen molar-refractivity contribution < 1.29 is 9.47 Å². The van der Waals surface area contributed by atoms with Gasteiger partial charge in [0.25, 0.3) is 0 Å². The van der Waals surface area contributed by atoms with Crippen molar-refractivity contribution in [3.63, 3.8) is 0 Å². The number of ether oxygens (including phenoxy) is 2. The van der Waals surface area contributed by atoms with Gasteiger partial charge in [0.15, 0.2) is 0 Å². The van der Waals surface area contributed by atoms with E-state index in [0.29, 0.717) is 0 Å². The minimum absolute atomic E-state index is 0.241. The molecule has 0 aromatic heterocycles. The van der Waals surface area contributed by atoms with Crippen molar-refractivity contribution in [2.45, 2.75) is 0 Å². The molecule has 2 nitrogen and oxygen atoms in total. The van der Waals surface area contributed by atoms with Crippen molar-refractivity contribution in [1.29, 1.82) is 0 Å². The monoisotopic (exact) mass is 446 g/mol. The topological polar surface area (TPSA) is 18.5 Å². The third-order valence-corrected chi connectivity index (χ3v) is 6.81. The molecule has 0 saturated carbocycles. The molecule has 0 bridgehead atoms. The Bertz CT molecular complexity index is 997. The molecule has 0 unspecified atom stereocenters. The Balaban J connectivity index is 1.56. The molecule has 0 fully saturated rings. The van der Waals surface area contributed by atoms with Crippen LogP contribution in [0.25, 0.3) is 22.3 Å². The third-order valence-electron chi connectivity index (χ3n) is 4.75. The van der Waals surface area contributed by atoms with Crippen LogP contribution in [0.15, 0.2) is 97.1 Å². The van der Waals surface area contributed by atoms with Gasteiger partial charge in [-0.15, -0.1) is 0 Å². The van der Waals surface area contributed by atoms with Gasteiger partial charge in [-0.2, -0.15) is 0 Å². The zero-order chi connectivity index (χ0) is 20.1. The van der Waals surface area contributed by atoms with Crippen molar-refractivity contribution in [2.75, 3.05) is 14.2 Å². The second-order valence-corrected chi connectivity index (χ2v) is 9.02. The fourth-order valence-corrected chi connectivity index (χ4v) is 5.15. The summed E-state index contributed by atoms with van der Waals surface area (Å²) in [6.45, 7) is 0. The Morgan fingerprint density at radius 1 is 0.483 bits per heavy atom. The van der Waals surface area contributed by atoms with E-state index >= 15 is 0 Å². The van der Waals surface area contributed by atoms with Gasteiger partial charge in [0.05, 0.1) is 0 Å². The van der Waals surface area contributed by atoms with Gasteiger partial charge in [-0.3, -0.25) is 0 Å². The molecule has 0 N–H and O–H groups in total. The summed E-state index contributed by atoms with van der Waals surface area (Å²) < 4.78 is 13.2. The van der Waals surface area contributed by atoms with Gasteiger partial charge in [0.2, 0.25) is 0 Å². The Morgan fingerprint density at radius 2 is 0.897 bits per heavy atom. The van der Waals surface area contributed by atoms with Crippen molar-refractivity contribution in [1.82, 2.24) is 0 Å². The van der Waals surface area contributed by atoms with E-state index in [9.17, 15) is 0 Å². The maximum absolute atomic E-state index is 5.26. The summed E-state index contributed by atoms with van der Waals surface area (Å²) in [7, 11) is 3.39. The number of hydrogen-bond donors (Lipinski definition) is 0. The van der Waals surface area contributed by atoms with Crippen LogP contribution in [0.3, 0.4) is 0 Å². The van der Waals surface area contributed by atoms with Crippen LogP contribution < -0.4 is 18.4 Å². The molecule has 0 aliphatic carbocycles. The summed E-state index contributed by atoms with van der Waals surface area (Å²) in [5, 5.41) is 0. The average molecular weight is 445 g/mol. The fraction of sp³-hybridized carbons (Fsp3) is 0.0769. The molecule has 4 aromatic carbocycles. The van der Waals surface area contributed by atoms with Crippen LogP contribution in [0.1, 0.15) is 0 Å². The van der Waals surface area contributed by atoms with Gasteiger partial charge in [-0.05, 0) is 0 Å². The van der Waals surface area contributed by atoms with Gasteiger partial charge in [-0.1, -0.05) is 0 Å². The molecule has 0 saturated heterocycles. The zero-order valence-corrected chi connectivity index (χ0v) is 18.2. The second-order valence-electron chi connectivity index (χ2n) is 6.61. The fourth-order valence-electron chi connectivity index (χ4n) is 3.18. The van der Waals surface area contributed by atoms with E-state index in [-0.39, 0.29) is 15.0 Å². The van der Waals surface area contributed by atoms with Crippen LogP contribution in [-0.2, 0) is 0 Å². The Hall–Kier alpha value is -3.00. The Labute approximate surface area is 178 Å². The summed E-state index contributed by atoms with van der Waals surface area (Å²) in [4.78, 5) is 0. The summed E-state index contributed by atoms with van der Waals surface area (Å²) in [6.07, 6.45) is 0. The van der Waals surface area contributed by atoms with Crippen LogP contribution >= 0.6 is 0 Å². The number of rotatable bonds is 6. The quantitative estimate of drug-likeness (QED) is 0.401. The first-order valence-electron chi connectivity index (χ1n) is 9.42. The summed E-state index contributed by atoms with van der Waals surface area (Å²) in [5.74, 6) is 1.76. The number of benzene rings is 4. The van der Waals surface area contributed by atoms with Gasteiger partial charge in [0.1, 0.15) is 0 Å². The Kier molecular flexibility index (Phi) is 6.00. The maximum atomic E-state index is 5.26. The van der Waals surface area contributed by atoms with Gasteiger partial charge in [-0.25, -0.2) is 0 Å². The van der Waals surface area contributed by atoms with Gasteiger partial charge < -0.3 is 0 Å². The van der Waals surface area contributed by atoms with Gasteiger partial charge >= 0.3 is 178 Å². The predicted octanol–water partition coefficient (Wildman–Crippen LogP) is 4.69. The van der Waals surface area contributed by atoms with Crippen LogP contribution in [0.5, 0.6) is 11.5 Å². The molecule has 0 aliphatic rings. The molecule has 4 aromatic rings. The molecule has 0 radical (unpaired) electrons. The zero-order valence-electron chi connectivity index (χ0n) is 16.5. The molecule has 0 amide bonds. The summed E-state index contributed by atoms with van der Waals surface area (Å²) >= 11 is 0.241. The molecule has 0 aliphatic heterocycles. The van der Waals surface area contributed by atoms with Crippen LogP contribution in [0, 0.1) is 0 Å². The van der Waals surface area contributed by atoms with E-state index in [0.717, 1.165) is 11.5 Å². The Morgan fingerprint density at radius 3 is 1.28 bits per heavy atom. The first kappa shape index (κ1) is 19.3. The first-order chi connectivity index (χ1) is 14.2. The third kappa shape index (κ3) is 4.71. The van der Waals surface area contributed by atoms with E-state index < -0.39 is 0 Å². The normalized spacial score (nSPS) is 10.6. The van der Waals surface area contributed by atoms with E-state index in [1.807, 2.05) is 24.3 Å². The van der Waals surface area contributed by atoms with Gasteiger partial charge in [0, 0.05) is 0 Å². The molecule has 0 heterocycles. The molecule has 144 valence electrons. The van der Waals surface area contributed by atoms with Crippen molar-refractivity contribution in [3.05, 3.63) is 97.1 Å². The van der Waals surface area contributed by atoms with Crippen molar-refractivity contribution in [3.8, 4) is 33.8 Å². The SMILES string of the molecule is COc1ccc(-c2cccc([Se]c3cccc(-c4ccc(OC)cc4)c3)c2)cc1. The molecular formula is C26H22O2Se. The molecule has 4 rings (SSSR count). The summed E-state index contributed by atoms with van der Waals surface area (Å²) in [6, 6.07) is 34.1. The van der Waals surface area contributed by atoms with E-state index in [4.69, 9.17) is 9.47 Å². The van der Waals surface area contributed by atoms with E-state index in [1.54, 1.807) is 14.2 Å². The molecule has 0 atom stereocenters.